The van der Waals surface area contributed by atoms with Gasteiger partial charge in [0.15, 0.2) is 6.29 Å². The average Bonchev–Trinajstić information content (AvgIpc) is 2.66. The standard InChI is InChI=1S/C16H28N2O10/c1-16(8-20)6-9(21)13(15(28-16)14(25)10(22)7-19)17-11(23)5-12(24)18-27-4-3-26-2/h8-10,13-15,19,21-22,25H,3-7H2,1-2H3,(H,17,23)(H,18,24)/t9-,10-,13-,14-,15?,16+/m1/s1. The number of aliphatic hydroxyl groups is 4. The molecule has 1 fully saturated rings. The largest absolute Gasteiger partial charge is 0.394 e. The van der Waals surface area contributed by atoms with Crippen LogP contribution in [0.25, 0.3) is 0 Å². The van der Waals surface area contributed by atoms with E-state index < -0.39 is 60.9 Å². The van der Waals surface area contributed by atoms with E-state index in [-0.39, 0.29) is 19.6 Å². The second-order valence-electron chi connectivity index (χ2n) is 6.66. The molecule has 12 nitrogen and oxygen atoms in total. The Labute approximate surface area is 161 Å². The van der Waals surface area contributed by atoms with Gasteiger partial charge in [-0.2, -0.15) is 0 Å². The van der Waals surface area contributed by atoms with Crippen molar-refractivity contribution in [1.82, 2.24) is 10.8 Å². The Hall–Kier alpha value is -1.67. The van der Waals surface area contributed by atoms with Crippen LogP contribution in [-0.4, -0.2) is 102 Å². The minimum atomic E-state index is -1.71. The first kappa shape index (κ1) is 24.4. The molecular formula is C16H28N2O10. The molecule has 0 aliphatic carbocycles. The zero-order valence-corrected chi connectivity index (χ0v) is 15.7. The Morgan fingerprint density at radius 3 is 2.57 bits per heavy atom. The fraction of sp³-hybridized carbons (Fsp3) is 0.812. The number of carbonyl (C=O) groups is 3. The maximum Gasteiger partial charge on any atom is 0.252 e. The number of amides is 2. The molecule has 1 heterocycles. The first-order chi connectivity index (χ1) is 13.2. The van der Waals surface area contributed by atoms with Crippen LogP contribution in [0.15, 0.2) is 0 Å². The molecular weight excluding hydrogens is 380 g/mol. The van der Waals surface area contributed by atoms with E-state index in [1.165, 1.54) is 14.0 Å². The monoisotopic (exact) mass is 408 g/mol. The fourth-order valence-electron chi connectivity index (χ4n) is 2.73. The van der Waals surface area contributed by atoms with Crippen LogP contribution in [0, 0.1) is 0 Å². The molecule has 0 spiro atoms. The third kappa shape index (κ3) is 7.05. The summed E-state index contributed by atoms with van der Waals surface area (Å²) in [6, 6.07) is -1.24. The van der Waals surface area contributed by atoms with Crippen LogP contribution in [0.4, 0.5) is 0 Å². The predicted molar refractivity (Wildman–Crippen MR) is 91.6 cm³/mol. The number of rotatable bonds is 11. The first-order valence-electron chi connectivity index (χ1n) is 8.65. The molecule has 0 saturated carbocycles. The lowest BCUT2D eigenvalue weighted by molar-refractivity contribution is -0.208. The van der Waals surface area contributed by atoms with E-state index in [1.807, 2.05) is 5.48 Å². The minimum Gasteiger partial charge on any atom is -0.394 e. The predicted octanol–water partition coefficient (Wildman–Crippen LogP) is -3.62. The summed E-state index contributed by atoms with van der Waals surface area (Å²) in [6.45, 7) is 0.880. The molecule has 1 saturated heterocycles. The SMILES string of the molecule is COCCONC(=O)CC(=O)N[C@H]1C([C@H](O)[C@H](O)CO)O[C@](C)(C=O)C[C@H]1O. The molecule has 0 aromatic rings. The highest BCUT2D eigenvalue weighted by Gasteiger charge is 2.48. The van der Waals surface area contributed by atoms with Crippen molar-refractivity contribution in [2.75, 3.05) is 26.9 Å². The summed E-state index contributed by atoms with van der Waals surface area (Å²) in [6.07, 6.45) is -6.48. The molecule has 12 heteroatoms. The molecule has 2 amide bonds. The van der Waals surface area contributed by atoms with Crippen molar-refractivity contribution in [1.29, 1.82) is 0 Å². The van der Waals surface area contributed by atoms with Crippen molar-refractivity contribution < 1.29 is 49.1 Å². The van der Waals surface area contributed by atoms with Gasteiger partial charge in [0.2, 0.25) is 5.91 Å². The van der Waals surface area contributed by atoms with Gasteiger partial charge >= 0.3 is 0 Å². The summed E-state index contributed by atoms with van der Waals surface area (Å²) in [7, 11) is 1.45. The van der Waals surface area contributed by atoms with Crippen LogP contribution in [0.5, 0.6) is 0 Å². The summed E-state index contributed by atoms with van der Waals surface area (Å²) in [5.74, 6) is -1.57. The van der Waals surface area contributed by atoms with E-state index in [1.54, 1.807) is 0 Å². The van der Waals surface area contributed by atoms with Crippen molar-refractivity contribution in [3.8, 4) is 0 Å². The highest BCUT2D eigenvalue weighted by atomic mass is 16.7. The average molecular weight is 408 g/mol. The van der Waals surface area contributed by atoms with Gasteiger partial charge in [-0.25, -0.2) is 5.48 Å². The van der Waals surface area contributed by atoms with E-state index in [9.17, 15) is 29.7 Å². The minimum absolute atomic E-state index is 0.0800. The molecule has 0 bridgehead atoms. The highest BCUT2D eigenvalue weighted by Crippen LogP contribution is 2.30. The van der Waals surface area contributed by atoms with Gasteiger partial charge in [0.1, 0.15) is 30.3 Å². The van der Waals surface area contributed by atoms with Crippen molar-refractivity contribution in [3.05, 3.63) is 0 Å². The smallest absolute Gasteiger partial charge is 0.252 e. The van der Waals surface area contributed by atoms with Gasteiger partial charge in [-0.1, -0.05) is 0 Å². The van der Waals surface area contributed by atoms with Crippen LogP contribution < -0.4 is 10.8 Å². The molecule has 28 heavy (non-hydrogen) atoms. The molecule has 1 aliphatic rings. The van der Waals surface area contributed by atoms with Crippen molar-refractivity contribution in [3.63, 3.8) is 0 Å². The van der Waals surface area contributed by atoms with Crippen LogP contribution in [0.3, 0.4) is 0 Å². The molecule has 162 valence electrons. The van der Waals surface area contributed by atoms with Crippen molar-refractivity contribution in [2.24, 2.45) is 0 Å². The molecule has 0 aromatic carbocycles. The third-order valence-corrected chi connectivity index (χ3v) is 4.18. The molecule has 0 radical (unpaired) electrons. The maximum atomic E-state index is 12.1. The topological polar surface area (TPSA) is 184 Å². The fourth-order valence-corrected chi connectivity index (χ4v) is 2.73. The second-order valence-corrected chi connectivity index (χ2v) is 6.66. The van der Waals surface area contributed by atoms with Crippen LogP contribution >= 0.6 is 0 Å². The van der Waals surface area contributed by atoms with Gasteiger partial charge in [0.05, 0.1) is 32.0 Å². The number of carbonyl (C=O) groups excluding carboxylic acids is 3. The van der Waals surface area contributed by atoms with E-state index in [4.69, 9.17) is 19.4 Å². The Bertz CT molecular complexity index is 534. The lowest BCUT2D eigenvalue weighted by atomic mass is 9.85. The van der Waals surface area contributed by atoms with Gasteiger partial charge < -0.3 is 40.0 Å². The zero-order valence-electron chi connectivity index (χ0n) is 15.7. The molecule has 1 unspecified atom stereocenters. The van der Waals surface area contributed by atoms with Gasteiger partial charge in [0, 0.05) is 13.5 Å². The molecule has 6 N–H and O–H groups in total. The number of nitrogens with one attached hydrogen (secondary N) is 2. The molecule has 6 atom stereocenters. The lowest BCUT2D eigenvalue weighted by Crippen LogP contribution is -2.65. The van der Waals surface area contributed by atoms with Gasteiger partial charge in [-0.05, 0) is 6.92 Å². The number of hydroxylamine groups is 1. The Balaban J connectivity index is 2.76. The summed E-state index contributed by atoms with van der Waals surface area (Å²) < 4.78 is 10.2. The highest BCUT2D eigenvalue weighted by molar-refractivity contribution is 5.96. The van der Waals surface area contributed by atoms with E-state index in [0.29, 0.717) is 6.29 Å². The van der Waals surface area contributed by atoms with Gasteiger partial charge in [0.25, 0.3) is 5.91 Å². The normalized spacial score (nSPS) is 29.6. The molecule has 0 aromatic heterocycles. The molecule has 1 rings (SSSR count). The van der Waals surface area contributed by atoms with E-state index >= 15 is 0 Å². The zero-order chi connectivity index (χ0) is 21.3. The quantitative estimate of drug-likeness (QED) is 0.0863. The third-order valence-electron chi connectivity index (χ3n) is 4.18. The van der Waals surface area contributed by atoms with E-state index in [2.05, 4.69) is 5.32 Å². The number of methoxy groups -OCH3 is 1. The van der Waals surface area contributed by atoms with Crippen LogP contribution in [0.2, 0.25) is 0 Å². The second kappa shape index (κ2) is 11.4. The summed E-state index contributed by atoms with van der Waals surface area (Å²) in [5, 5.41) is 41.6. The summed E-state index contributed by atoms with van der Waals surface area (Å²) in [4.78, 5) is 39.8. The first-order valence-corrected chi connectivity index (χ1v) is 8.65. The molecule has 1 aliphatic heterocycles. The van der Waals surface area contributed by atoms with Gasteiger partial charge in [-0.15, -0.1) is 0 Å². The lowest BCUT2D eigenvalue weighted by Gasteiger charge is -2.45. The van der Waals surface area contributed by atoms with Crippen LogP contribution in [-0.2, 0) is 28.7 Å². The van der Waals surface area contributed by atoms with Gasteiger partial charge in [-0.3, -0.25) is 14.4 Å². The number of hydrogen-bond donors (Lipinski definition) is 6. The number of aliphatic hydroxyl groups excluding tert-OH is 4. The Morgan fingerprint density at radius 2 is 2.00 bits per heavy atom. The summed E-state index contributed by atoms with van der Waals surface area (Å²) >= 11 is 0. The van der Waals surface area contributed by atoms with Crippen LogP contribution in [0.1, 0.15) is 19.8 Å². The van der Waals surface area contributed by atoms with E-state index in [0.717, 1.165) is 0 Å². The number of ether oxygens (including phenoxy) is 2. The summed E-state index contributed by atoms with van der Waals surface area (Å²) in [5.41, 5.74) is 0.574. The van der Waals surface area contributed by atoms with Crippen molar-refractivity contribution in [2.45, 2.75) is 55.8 Å². The number of hydrogen-bond acceptors (Lipinski definition) is 10. The Kier molecular flexibility index (Phi) is 9.89. The van der Waals surface area contributed by atoms with Crippen molar-refractivity contribution >= 4 is 18.1 Å². The number of aldehydes is 1. The maximum absolute atomic E-state index is 12.1. The Morgan fingerprint density at radius 1 is 1.32 bits per heavy atom.